The summed E-state index contributed by atoms with van der Waals surface area (Å²) in [7, 11) is 2.16. The number of aromatic nitrogens is 3. The Kier molecular flexibility index (Phi) is 5.28. The van der Waals surface area contributed by atoms with E-state index in [1.807, 2.05) is 48.5 Å². The third kappa shape index (κ3) is 4.04. The summed E-state index contributed by atoms with van der Waals surface area (Å²) >= 11 is 0. The largest absolute Gasteiger partial charge is 0.397 e. The van der Waals surface area contributed by atoms with Crippen molar-refractivity contribution < 1.29 is 4.79 Å². The number of para-hydroxylation sites is 1. The average Bonchev–Trinajstić information content (AvgIpc) is 3.43. The molecule has 0 unspecified atom stereocenters. The van der Waals surface area contributed by atoms with Crippen LogP contribution in [-0.4, -0.2) is 52.2 Å². The van der Waals surface area contributed by atoms with Crippen molar-refractivity contribution in [2.75, 3.05) is 36.5 Å². The number of nitrogens with zero attached hydrogens (tertiary/aromatic N) is 2. The van der Waals surface area contributed by atoms with Gasteiger partial charge < -0.3 is 26.3 Å². The number of piperidine rings is 1. The molecule has 0 spiro atoms. The fraction of sp³-hybridized carbons (Fsp3) is 0.250. The molecule has 1 amide bonds. The number of nitrogens with one attached hydrogen (secondary N) is 4. The second-order valence-corrected chi connectivity index (χ2v) is 8.39. The highest BCUT2D eigenvalue weighted by Crippen LogP contribution is 2.30. The van der Waals surface area contributed by atoms with E-state index >= 15 is 0 Å². The van der Waals surface area contributed by atoms with Gasteiger partial charge in [-0.2, -0.15) is 5.10 Å². The number of hydrogen-bond donors (Lipinski definition) is 5. The molecular formula is C24H27N7O. The number of H-pyrrole nitrogens is 2. The van der Waals surface area contributed by atoms with Crippen LogP contribution in [0.5, 0.6) is 0 Å². The molecule has 1 aliphatic heterocycles. The van der Waals surface area contributed by atoms with Crippen molar-refractivity contribution in [3.8, 4) is 11.3 Å². The third-order valence-electron chi connectivity index (χ3n) is 6.09. The Morgan fingerprint density at radius 3 is 2.72 bits per heavy atom. The van der Waals surface area contributed by atoms with Crippen LogP contribution in [0.25, 0.3) is 22.2 Å². The zero-order valence-electron chi connectivity index (χ0n) is 18.0. The number of rotatable bonds is 5. The van der Waals surface area contributed by atoms with Crippen molar-refractivity contribution in [3.05, 3.63) is 60.3 Å². The third-order valence-corrected chi connectivity index (χ3v) is 6.09. The van der Waals surface area contributed by atoms with Crippen LogP contribution >= 0.6 is 0 Å². The van der Waals surface area contributed by atoms with Gasteiger partial charge in [-0.25, -0.2) is 0 Å². The number of carbonyl (C=O) groups excluding carboxylic acids is 1. The first-order valence-corrected chi connectivity index (χ1v) is 10.8. The molecule has 4 aromatic rings. The Hall–Kier alpha value is -3.78. The predicted octanol–water partition coefficient (Wildman–Crippen LogP) is 3.90. The summed E-state index contributed by atoms with van der Waals surface area (Å²) in [6, 6.07) is 15.8. The van der Waals surface area contributed by atoms with E-state index in [2.05, 4.69) is 37.8 Å². The predicted molar refractivity (Wildman–Crippen MR) is 129 cm³/mol. The van der Waals surface area contributed by atoms with Gasteiger partial charge in [0, 0.05) is 40.5 Å². The Balaban J connectivity index is 1.25. The van der Waals surface area contributed by atoms with Gasteiger partial charge in [0.15, 0.2) is 0 Å². The lowest BCUT2D eigenvalue weighted by Crippen LogP contribution is -2.36. The minimum atomic E-state index is -0.187. The highest BCUT2D eigenvalue weighted by atomic mass is 16.1. The molecule has 0 atom stereocenters. The lowest BCUT2D eigenvalue weighted by Gasteiger charge is -2.30. The summed E-state index contributed by atoms with van der Waals surface area (Å²) in [5.74, 6) is 0.350. The maximum absolute atomic E-state index is 12.7. The summed E-state index contributed by atoms with van der Waals surface area (Å²) in [4.78, 5) is 18.2. The van der Waals surface area contributed by atoms with E-state index in [0.717, 1.165) is 53.8 Å². The summed E-state index contributed by atoms with van der Waals surface area (Å²) in [6.45, 7) is 2.21. The van der Waals surface area contributed by atoms with Gasteiger partial charge in [0.2, 0.25) is 0 Å². The van der Waals surface area contributed by atoms with E-state index in [-0.39, 0.29) is 5.91 Å². The van der Waals surface area contributed by atoms with E-state index in [4.69, 9.17) is 5.73 Å². The Labute approximate surface area is 186 Å². The first-order chi connectivity index (χ1) is 15.6. The van der Waals surface area contributed by atoms with Gasteiger partial charge >= 0.3 is 0 Å². The van der Waals surface area contributed by atoms with Crippen LogP contribution < -0.4 is 16.4 Å². The second kappa shape index (κ2) is 8.39. The summed E-state index contributed by atoms with van der Waals surface area (Å²) in [5, 5.41) is 14.7. The van der Waals surface area contributed by atoms with Crippen LogP contribution in [0.4, 0.5) is 17.2 Å². The molecule has 164 valence electrons. The molecule has 2 aromatic carbocycles. The van der Waals surface area contributed by atoms with Gasteiger partial charge in [-0.15, -0.1) is 0 Å². The molecule has 8 heteroatoms. The SMILES string of the molecule is CN1CCC(Nc2ccc(C(=O)Nc3cc(-c4cccc5c(N)c[nH]c45)n[nH]3)cc2)CC1. The molecule has 0 radical (unpaired) electrons. The average molecular weight is 430 g/mol. The quantitative estimate of drug-likeness (QED) is 0.330. The lowest BCUT2D eigenvalue weighted by atomic mass is 10.0. The van der Waals surface area contributed by atoms with E-state index in [9.17, 15) is 4.79 Å². The number of nitrogen functional groups attached to an aromatic ring is 1. The summed E-state index contributed by atoms with van der Waals surface area (Å²) < 4.78 is 0. The number of anilines is 3. The zero-order valence-corrected chi connectivity index (χ0v) is 18.0. The van der Waals surface area contributed by atoms with Crippen LogP contribution in [0.1, 0.15) is 23.2 Å². The molecule has 1 saturated heterocycles. The van der Waals surface area contributed by atoms with E-state index < -0.39 is 0 Å². The van der Waals surface area contributed by atoms with Crippen molar-refractivity contribution in [2.24, 2.45) is 0 Å². The highest BCUT2D eigenvalue weighted by Gasteiger charge is 2.17. The van der Waals surface area contributed by atoms with Crippen LogP contribution in [0.2, 0.25) is 0 Å². The Bertz CT molecular complexity index is 1230. The number of benzene rings is 2. The highest BCUT2D eigenvalue weighted by molar-refractivity contribution is 6.05. The number of amides is 1. The molecule has 0 saturated carbocycles. The number of fused-ring (bicyclic) bond motifs is 1. The summed E-state index contributed by atoms with van der Waals surface area (Å²) in [6.07, 6.45) is 4.03. The fourth-order valence-corrected chi connectivity index (χ4v) is 4.21. The number of nitrogens with two attached hydrogens (primary N) is 1. The van der Waals surface area contributed by atoms with E-state index in [1.165, 1.54) is 0 Å². The monoisotopic (exact) mass is 429 g/mol. The molecule has 1 fully saturated rings. The molecular weight excluding hydrogens is 402 g/mol. The van der Waals surface area contributed by atoms with Crippen LogP contribution in [0.15, 0.2) is 54.7 Å². The van der Waals surface area contributed by atoms with E-state index in [0.29, 0.717) is 23.1 Å². The van der Waals surface area contributed by atoms with Gasteiger partial charge in [-0.1, -0.05) is 18.2 Å². The van der Waals surface area contributed by atoms with Crippen LogP contribution in [0, 0.1) is 0 Å². The zero-order chi connectivity index (χ0) is 22.1. The molecule has 3 heterocycles. The minimum Gasteiger partial charge on any atom is -0.397 e. The molecule has 0 aliphatic carbocycles. The standard InChI is InChI=1S/C24H27N7O/c1-31-11-9-17(10-12-31)27-16-7-5-15(6-8-16)24(32)28-22-13-21(29-30-22)19-4-2-3-18-20(25)14-26-23(18)19/h2-8,13-14,17,26-27H,9-12,25H2,1H3,(H2,28,29,30,32). The van der Waals surface area contributed by atoms with Crippen molar-refractivity contribution in [3.63, 3.8) is 0 Å². The van der Waals surface area contributed by atoms with Gasteiger partial charge in [0.05, 0.1) is 16.9 Å². The van der Waals surface area contributed by atoms with Crippen molar-refractivity contribution >= 4 is 34.0 Å². The summed E-state index contributed by atoms with van der Waals surface area (Å²) in [5.41, 5.74) is 10.9. The first kappa shape index (κ1) is 20.1. The van der Waals surface area contributed by atoms with Gasteiger partial charge in [-0.3, -0.25) is 9.89 Å². The Morgan fingerprint density at radius 1 is 1.16 bits per heavy atom. The maximum atomic E-state index is 12.7. The smallest absolute Gasteiger partial charge is 0.256 e. The minimum absolute atomic E-state index is 0.187. The van der Waals surface area contributed by atoms with Crippen LogP contribution in [-0.2, 0) is 0 Å². The number of hydrogen-bond acceptors (Lipinski definition) is 5. The normalized spacial score (nSPS) is 15.2. The van der Waals surface area contributed by atoms with Crippen LogP contribution in [0.3, 0.4) is 0 Å². The second-order valence-electron chi connectivity index (χ2n) is 8.39. The first-order valence-electron chi connectivity index (χ1n) is 10.8. The molecule has 5 rings (SSSR count). The molecule has 2 aromatic heterocycles. The van der Waals surface area contributed by atoms with Gasteiger partial charge in [0.25, 0.3) is 5.91 Å². The molecule has 8 nitrogen and oxygen atoms in total. The number of aromatic amines is 2. The van der Waals surface area contributed by atoms with Gasteiger partial charge in [-0.05, 0) is 57.2 Å². The Morgan fingerprint density at radius 2 is 1.94 bits per heavy atom. The maximum Gasteiger partial charge on any atom is 0.256 e. The number of likely N-dealkylation sites (tertiary alicyclic amines) is 1. The fourth-order valence-electron chi connectivity index (χ4n) is 4.21. The van der Waals surface area contributed by atoms with E-state index in [1.54, 1.807) is 6.20 Å². The topological polar surface area (TPSA) is 115 Å². The molecule has 6 N–H and O–H groups in total. The van der Waals surface area contributed by atoms with Crippen molar-refractivity contribution in [1.29, 1.82) is 0 Å². The van der Waals surface area contributed by atoms with Gasteiger partial charge in [0.1, 0.15) is 5.82 Å². The molecule has 32 heavy (non-hydrogen) atoms. The lowest BCUT2D eigenvalue weighted by molar-refractivity contribution is 0.102. The number of carbonyl (C=O) groups is 1. The van der Waals surface area contributed by atoms with Crippen molar-refractivity contribution in [1.82, 2.24) is 20.1 Å². The van der Waals surface area contributed by atoms with Crippen molar-refractivity contribution in [2.45, 2.75) is 18.9 Å². The molecule has 1 aliphatic rings. The molecule has 0 bridgehead atoms.